The second kappa shape index (κ2) is 5.43. The molecule has 1 aliphatic carbocycles. The molecule has 1 fully saturated rings. The van der Waals surface area contributed by atoms with Crippen LogP contribution in [-0.2, 0) is 13.5 Å². The number of aryl methyl sites for hydroxylation is 2. The van der Waals surface area contributed by atoms with Crippen molar-refractivity contribution in [3.05, 3.63) is 18.0 Å². The van der Waals surface area contributed by atoms with Gasteiger partial charge in [-0.3, -0.25) is 4.68 Å². The smallest absolute Gasteiger partial charge is 0.0577 e. The van der Waals surface area contributed by atoms with Crippen LogP contribution in [0.2, 0.25) is 0 Å². The molecule has 0 saturated heterocycles. The van der Waals surface area contributed by atoms with Crippen molar-refractivity contribution in [3.63, 3.8) is 0 Å². The highest BCUT2D eigenvalue weighted by Gasteiger charge is 2.36. The minimum Gasteiger partial charge on any atom is -0.393 e. The first kappa shape index (κ1) is 13.6. The van der Waals surface area contributed by atoms with Gasteiger partial charge >= 0.3 is 0 Å². The molecule has 0 radical (unpaired) electrons. The minimum atomic E-state index is -0.171. The first-order chi connectivity index (χ1) is 8.50. The summed E-state index contributed by atoms with van der Waals surface area (Å²) in [7, 11) is 1.96. The van der Waals surface area contributed by atoms with Crippen molar-refractivity contribution in [1.29, 1.82) is 0 Å². The lowest BCUT2D eigenvalue weighted by Crippen LogP contribution is -2.37. The molecule has 1 aliphatic rings. The summed E-state index contributed by atoms with van der Waals surface area (Å²) in [6.45, 7) is 4.62. The van der Waals surface area contributed by atoms with Gasteiger partial charge < -0.3 is 5.11 Å². The molecule has 2 unspecified atom stereocenters. The van der Waals surface area contributed by atoms with E-state index in [9.17, 15) is 5.11 Å². The highest BCUT2D eigenvalue weighted by atomic mass is 16.3. The van der Waals surface area contributed by atoms with Crippen molar-refractivity contribution in [2.75, 3.05) is 0 Å². The van der Waals surface area contributed by atoms with Gasteiger partial charge in [0.25, 0.3) is 0 Å². The topological polar surface area (TPSA) is 38.0 Å². The molecule has 1 saturated carbocycles. The fourth-order valence-corrected chi connectivity index (χ4v) is 3.38. The van der Waals surface area contributed by atoms with Gasteiger partial charge in [0.15, 0.2) is 0 Å². The molecule has 3 heteroatoms. The second-order valence-electron chi connectivity index (χ2n) is 6.39. The zero-order valence-corrected chi connectivity index (χ0v) is 11.9. The van der Waals surface area contributed by atoms with Crippen molar-refractivity contribution in [2.24, 2.45) is 18.4 Å². The Morgan fingerprint density at radius 1 is 1.50 bits per heavy atom. The van der Waals surface area contributed by atoms with Crippen LogP contribution in [0.25, 0.3) is 0 Å². The lowest BCUT2D eigenvalue weighted by Gasteiger charge is -2.41. The molecule has 1 N–H and O–H groups in total. The standard InChI is InChI=1S/C15H26N2O/c1-15(2)10-5-4-6-13(15)14(18)8-7-12-9-11-16-17(12)3/h9,11,13-14,18H,4-8,10H2,1-3H3. The molecule has 1 aromatic rings. The van der Waals surface area contributed by atoms with E-state index in [4.69, 9.17) is 0 Å². The maximum atomic E-state index is 10.5. The summed E-state index contributed by atoms with van der Waals surface area (Å²) in [6, 6.07) is 2.04. The quantitative estimate of drug-likeness (QED) is 0.892. The molecule has 0 amide bonds. The number of hydrogen-bond acceptors (Lipinski definition) is 2. The number of hydrogen-bond donors (Lipinski definition) is 1. The Labute approximate surface area is 110 Å². The summed E-state index contributed by atoms with van der Waals surface area (Å²) >= 11 is 0. The summed E-state index contributed by atoms with van der Waals surface area (Å²) < 4.78 is 1.90. The monoisotopic (exact) mass is 250 g/mol. The van der Waals surface area contributed by atoms with E-state index in [-0.39, 0.29) is 6.10 Å². The van der Waals surface area contributed by atoms with Gasteiger partial charge in [-0.25, -0.2) is 0 Å². The van der Waals surface area contributed by atoms with Crippen LogP contribution in [0.3, 0.4) is 0 Å². The Morgan fingerprint density at radius 2 is 2.28 bits per heavy atom. The average Bonchev–Trinajstić information content (AvgIpc) is 2.71. The van der Waals surface area contributed by atoms with Crippen molar-refractivity contribution in [3.8, 4) is 0 Å². The lowest BCUT2D eigenvalue weighted by atomic mass is 9.66. The predicted octanol–water partition coefficient (Wildman–Crippen LogP) is 2.93. The summed E-state index contributed by atoms with van der Waals surface area (Å²) in [5.41, 5.74) is 1.51. The second-order valence-corrected chi connectivity index (χ2v) is 6.39. The highest BCUT2D eigenvalue weighted by Crippen LogP contribution is 2.43. The fourth-order valence-electron chi connectivity index (χ4n) is 3.38. The van der Waals surface area contributed by atoms with Gasteiger partial charge in [0, 0.05) is 18.9 Å². The van der Waals surface area contributed by atoms with Gasteiger partial charge in [-0.1, -0.05) is 26.7 Å². The van der Waals surface area contributed by atoms with Crippen LogP contribution in [0.15, 0.2) is 12.3 Å². The largest absolute Gasteiger partial charge is 0.393 e. The highest BCUT2D eigenvalue weighted by molar-refractivity contribution is 5.00. The maximum absolute atomic E-state index is 10.5. The number of nitrogens with zero attached hydrogens (tertiary/aromatic N) is 2. The predicted molar refractivity (Wildman–Crippen MR) is 73.3 cm³/mol. The van der Waals surface area contributed by atoms with Gasteiger partial charge in [0.1, 0.15) is 0 Å². The minimum absolute atomic E-state index is 0.171. The maximum Gasteiger partial charge on any atom is 0.0577 e. The van der Waals surface area contributed by atoms with Gasteiger partial charge in [0.05, 0.1) is 6.10 Å². The summed E-state index contributed by atoms with van der Waals surface area (Å²) in [5, 5.41) is 14.6. The van der Waals surface area contributed by atoms with E-state index >= 15 is 0 Å². The molecule has 1 aromatic heterocycles. The molecule has 2 atom stereocenters. The van der Waals surface area contributed by atoms with Gasteiger partial charge in [-0.15, -0.1) is 0 Å². The molecule has 102 valence electrons. The number of aromatic nitrogens is 2. The molecule has 18 heavy (non-hydrogen) atoms. The third-order valence-electron chi connectivity index (χ3n) is 4.67. The molecule has 0 aromatic carbocycles. The Bertz CT molecular complexity index is 384. The van der Waals surface area contributed by atoms with Crippen molar-refractivity contribution >= 4 is 0 Å². The lowest BCUT2D eigenvalue weighted by molar-refractivity contribution is 0.000802. The van der Waals surface area contributed by atoms with E-state index in [0.29, 0.717) is 11.3 Å². The normalized spacial score (nSPS) is 25.0. The Balaban J connectivity index is 1.91. The molecule has 2 rings (SSSR count). The molecule has 3 nitrogen and oxygen atoms in total. The SMILES string of the molecule is Cn1nccc1CCC(O)C1CCCCC1(C)C. The van der Waals surface area contributed by atoms with Crippen molar-refractivity contribution in [1.82, 2.24) is 9.78 Å². The van der Waals surface area contributed by atoms with Crippen LogP contribution in [0.1, 0.15) is 51.6 Å². The first-order valence-electron chi connectivity index (χ1n) is 7.15. The fraction of sp³-hybridized carbons (Fsp3) is 0.800. The molecular weight excluding hydrogens is 224 g/mol. The Hall–Kier alpha value is -0.830. The van der Waals surface area contributed by atoms with Crippen LogP contribution in [0.5, 0.6) is 0 Å². The zero-order chi connectivity index (χ0) is 13.2. The third kappa shape index (κ3) is 2.94. The van der Waals surface area contributed by atoms with Crippen LogP contribution >= 0.6 is 0 Å². The average molecular weight is 250 g/mol. The Morgan fingerprint density at radius 3 is 2.89 bits per heavy atom. The van der Waals surface area contributed by atoms with E-state index in [1.54, 1.807) is 0 Å². The van der Waals surface area contributed by atoms with Crippen molar-refractivity contribution < 1.29 is 5.11 Å². The van der Waals surface area contributed by atoms with E-state index in [1.165, 1.54) is 31.4 Å². The van der Waals surface area contributed by atoms with E-state index in [1.807, 2.05) is 24.0 Å². The summed E-state index contributed by atoms with van der Waals surface area (Å²) in [6.07, 6.45) is 8.45. The van der Waals surface area contributed by atoms with Crippen LogP contribution < -0.4 is 0 Å². The third-order valence-corrected chi connectivity index (χ3v) is 4.67. The molecule has 0 spiro atoms. The van der Waals surface area contributed by atoms with Crippen LogP contribution in [0.4, 0.5) is 0 Å². The van der Waals surface area contributed by atoms with E-state index < -0.39 is 0 Å². The molecular formula is C15H26N2O. The summed E-state index contributed by atoms with van der Waals surface area (Å²) in [5.74, 6) is 0.458. The first-order valence-corrected chi connectivity index (χ1v) is 7.15. The number of rotatable bonds is 4. The van der Waals surface area contributed by atoms with Crippen molar-refractivity contribution in [2.45, 2.75) is 58.5 Å². The van der Waals surface area contributed by atoms with Gasteiger partial charge in [0.2, 0.25) is 0 Å². The molecule has 1 heterocycles. The Kier molecular flexibility index (Phi) is 4.10. The van der Waals surface area contributed by atoms with Gasteiger partial charge in [-0.2, -0.15) is 5.10 Å². The molecule has 0 aliphatic heterocycles. The van der Waals surface area contributed by atoms with E-state index in [2.05, 4.69) is 18.9 Å². The van der Waals surface area contributed by atoms with Gasteiger partial charge in [-0.05, 0) is 43.1 Å². The number of aliphatic hydroxyl groups excluding tert-OH is 1. The van der Waals surface area contributed by atoms with Crippen LogP contribution in [0, 0.1) is 11.3 Å². The van der Waals surface area contributed by atoms with Crippen LogP contribution in [-0.4, -0.2) is 21.0 Å². The van der Waals surface area contributed by atoms with E-state index in [0.717, 1.165) is 12.8 Å². The number of aliphatic hydroxyl groups is 1. The summed E-state index contributed by atoms with van der Waals surface area (Å²) in [4.78, 5) is 0. The molecule has 0 bridgehead atoms. The zero-order valence-electron chi connectivity index (χ0n) is 11.9.